The fraction of sp³-hybridized carbons (Fsp3) is 0.240. The number of fused-ring (bicyclic) bond motifs is 1. The summed E-state index contributed by atoms with van der Waals surface area (Å²) in [5.74, 6) is -11.2. The zero-order chi connectivity index (χ0) is 25.1. The third-order valence-corrected chi connectivity index (χ3v) is 5.55. The van der Waals surface area contributed by atoms with Gasteiger partial charge in [0.2, 0.25) is 29.1 Å². The van der Waals surface area contributed by atoms with E-state index in [4.69, 9.17) is 19.6 Å². The Hall–Kier alpha value is -3.66. The van der Waals surface area contributed by atoms with Gasteiger partial charge in [0.15, 0.2) is 5.75 Å². The smallest absolute Gasteiger partial charge is 0.207 e. The van der Waals surface area contributed by atoms with Crippen LogP contribution in [0.5, 0.6) is 11.5 Å². The van der Waals surface area contributed by atoms with Gasteiger partial charge in [-0.1, -0.05) is 12.1 Å². The average Bonchev–Trinajstić information content (AvgIpc) is 3.20. The lowest BCUT2D eigenvalue weighted by atomic mass is 10.1. The average molecular weight is 492 g/mol. The van der Waals surface area contributed by atoms with Crippen LogP contribution in [0.3, 0.4) is 0 Å². The Kier molecular flexibility index (Phi) is 7.20. The zero-order valence-electron chi connectivity index (χ0n) is 18.6. The molecular formula is C25H21F5N2O3. The molecule has 0 aliphatic carbocycles. The molecule has 0 aliphatic rings. The molecule has 0 atom stereocenters. The first-order chi connectivity index (χ1) is 16.8. The summed E-state index contributed by atoms with van der Waals surface area (Å²) < 4.78 is 84.5. The van der Waals surface area contributed by atoms with E-state index in [1.54, 1.807) is 31.3 Å². The van der Waals surface area contributed by atoms with Gasteiger partial charge in [-0.2, -0.15) is 8.78 Å². The molecule has 0 bridgehead atoms. The fourth-order valence-electron chi connectivity index (χ4n) is 3.73. The minimum atomic E-state index is -2.25. The minimum Gasteiger partial charge on any atom is -0.493 e. The Morgan fingerprint density at radius 3 is 2.34 bits per heavy atom. The number of ether oxygens (including phenoxy) is 2. The number of rotatable bonds is 9. The van der Waals surface area contributed by atoms with Gasteiger partial charge in [0.05, 0.1) is 12.0 Å². The molecule has 0 aliphatic heterocycles. The number of furan rings is 1. The number of hydrogen-bond donors (Lipinski definition) is 1. The van der Waals surface area contributed by atoms with E-state index in [0.29, 0.717) is 48.3 Å². The number of nitrogens with two attached hydrogens (primary N) is 1. The van der Waals surface area contributed by atoms with E-state index in [9.17, 15) is 22.0 Å². The summed E-state index contributed by atoms with van der Waals surface area (Å²) in [6.07, 6.45) is 3.06. The van der Waals surface area contributed by atoms with Crippen molar-refractivity contribution in [2.24, 2.45) is 5.73 Å². The van der Waals surface area contributed by atoms with E-state index in [2.05, 4.69) is 4.98 Å². The molecule has 2 heterocycles. The number of pyridine rings is 1. The summed E-state index contributed by atoms with van der Waals surface area (Å²) in [5, 5.41) is 0.615. The van der Waals surface area contributed by atoms with Crippen molar-refractivity contribution in [2.45, 2.75) is 32.9 Å². The van der Waals surface area contributed by atoms with Gasteiger partial charge in [0, 0.05) is 24.0 Å². The van der Waals surface area contributed by atoms with Crippen LogP contribution in [0.2, 0.25) is 0 Å². The van der Waals surface area contributed by atoms with Gasteiger partial charge in [0.25, 0.3) is 0 Å². The van der Waals surface area contributed by atoms with Crippen LogP contribution in [0.1, 0.15) is 29.0 Å². The Balaban J connectivity index is 1.48. The molecule has 4 rings (SSSR count). The molecule has 0 amide bonds. The molecule has 4 aromatic rings. The largest absolute Gasteiger partial charge is 0.493 e. The molecule has 10 heteroatoms. The fourth-order valence-corrected chi connectivity index (χ4v) is 3.73. The van der Waals surface area contributed by atoms with Gasteiger partial charge in [0.1, 0.15) is 23.7 Å². The predicted octanol–water partition coefficient (Wildman–Crippen LogP) is 5.88. The van der Waals surface area contributed by atoms with Gasteiger partial charge >= 0.3 is 0 Å². The van der Waals surface area contributed by atoms with Crippen LogP contribution >= 0.6 is 0 Å². The van der Waals surface area contributed by atoms with Gasteiger partial charge < -0.3 is 19.6 Å². The van der Waals surface area contributed by atoms with Gasteiger partial charge in [-0.3, -0.25) is 4.98 Å². The second kappa shape index (κ2) is 10.3. The van der Waals surface area contributed by atoms with E-state index >= 15 is 0 Å². The Morgan fingerprint density at radius 2 is 1.63 bits per heavy atom. The molecule has 0 saturated heterocycles. The quantitative estimate of drug-likeness (QED) is 0.137. The van der Waals surface area contributed by atoms with Crippen LogP contribution in [0, 0.1) is 36.0 Å². The van der Waals surface area contributed by atoms with E-state index in [0.717, 1.165) is 11.3 Å². The summed E-state index contributed by atoms with van der Waals surface area (Å²) in [6.45, 7) is 1.89. The first-order valence-electron chi connectivity index (χ1n) is 10.7. The van der Waals surface area contributed by atoms with Crippen molar-refractivity contribution in [2.75, 3.05) is 6.61 Å². The van der Waals surface area contributed by atoms with Crippen LogP contribution in [-0.2, 0) is 19.6 Å². The number of halogens is 5. The minimum absolute atomic E-state index is 0.154. The molecule has 0 spiro atoms. The summed E-state index contributed by atoms with van der Waals surface area (Å²) in [4.78, 5) is 4.35. The number of aromatic nitrogens is 1. The van der Waals surface area contributed by atoms with Gasteiger partial charge in [-0.05, 0) is 43.5 Å². The SMILES string of the molecule is Cc1c(COc2c(F)c(F)c(F)c(F)c2F)oc2cccc(OCCCc3ncccc3CN)c12. The highest BCUT2D eigenvalue weighted by Crippen LogP contribution is 2.35. The highest BCUT2D eigenvalue weighted by molar-refractivity contribution is 5.88. The van der Waals surface area contributed by atoms with Crippen LogP contribution in [0.15, 0.2) is 40.9 Å². The molecule has 2 N–H and O–H groups in total. The predicted molar refractivity (Wildman–Crippen MR) is 117 cm³/mol. The van der Waals surface area contributed by atoms with Crippen LogP contribution in [0.25, 0.3) is 11.0 Å². The zero-order valence-corrected chi connectivity index (χ0v) is 18.6. The number of hydrogen-bond acceptors (Lipinski definition) is 5. The Labute approximate surface area is 197 Å². The number of aryl methyl sites for hydroxylation is 2. The lowest BCUT2D eigenvalue weighted by Crippen LogP contribution is -2.07. The molecule has 184 valence electrons. The van der Waals surface area contributed by atoms with Gasteiger partial charge in [-0.15, -0.1) is 0 Å². The van der Waals surface area contributed by atoms with Crippen molar-refractivity contribution in [3.05, 3.63) is 88.2 Å². The highest BCUT2D eigenvalue weighted by atomic mass is 19.2. The van der Waals surface area contributed by atoms with Crippen molar-refractivity contribution >= 4 is 11.0 Å². The van der Waals surface area contributed by atoms with E-state index in [-0.39, 0.29) is 5.76 Å². The first kappa shape index (κ1) is 24.5. The Bertz CT molecular complexity index is 1340. The second-order valence-corrected chi connectivity index (χ2v) is 7.73. The van der Waals surface area contributed by atoms with E-state index < -0.39 is 41.4 Å². The summed E-state index contributed by atoms with van der Waals surface area (Å²) >= 11 is 0. The molecule has 0 saturated carbocycles. The molecule has 2 aromatic heterocycles. The molecule has 0 unspecified atom stereocenters. The third-order valence-electron chi connectivity index (χ3n) is 5.55. The highest BCUT2D eigenvalue weighted by Gasteiger charge is 2.27. The summed E-state index contributed by atoms with van der Waals surface area (Å²) in [7, 11) is 0. The monoisotopic (exact) mass is 492 g/mol. The van der Waals surface area contributed by atoms with E-state index in [1.165, 1.54) is 0 Å². The maximum atomic E-state index is 13.9. The molecular weight excluding hydrogens is 471 g/mol. The number of nitrogens with zero attached hydrogens (tertiary/aromatic N) is 1. The molecule has 35 heavy (non-hydrogen) atoms. The van der Waals surface area contributed by atoms with Crippen molar-refractivity contribution in [1.82, 2.24) is 4.98 Å². The number of benzene rings is 2. The normalized spacial score (nSPS) is 11.3. The Morgan fingerprint density at radius 1 is 0.914 bits per heavy atom. The summed E-state index contributed by atoms with van der Waals surface area (Å²) in [5.41, 5.74) is 8.59. The maximum absolute atomic E-state index is 13.9. The summed E-state index contributed by atoms with van der Waals surface area (Å²) in [6, 6.07) is 8.87. The second-order valence-electron chi connectivity index (χ2n) is 7.73. The standard InChI is InChI=1S/C25H21F5N2O3/c1-13-18(12-34-25-23(29)21(27)20(26)22(28)24(25)30)35-17-8-2-7-16(19(13)17)33-10-4-6-15-14(11-31)5-3-9-32-15/h2-3,5,7-9H,4,6,10-12,31H2,1H3. The first-order valence-corrected chi connectivity index (χ1v) is 10.7. The van der Waals surface area contributed by atoms with Crippen molar-refractivity contribution in [3.63, 3.8) is 0 Å². The van der Waals surface area contributed by atoms with E-state index in [1.807, 2.05) is 12.1 Å². The lowest BCUT2D eigenvalue weighted by molar-refractivity contribution is 0.233. The molecule has 0 radical (unpaired) electrons. The van der Waals surface area contributed by atoms with Gasteiger partial charge in [-0.25, -0.2) is 13.2 Å². The van der Waals surface area contributed by atoms with Crippen molar-refractivity contribution in [1.29, 1.82) is 0 Å². The lowest BCUT2D eigenvalue weighted by Gasteiger charge is -2.10. The molecule has 0 fully saturated rings. The van der Waals surface area contributed by atoms with Crippen LogP contribution in [-0.4, -0.2) is 11.6 Å². The van der Waals surface area contributed by atoms with Crippen molar-refractivity contribution in [3.8, 4) is 11.5 Å². The molecule has 5 nitrogen and oxygen atoms in total. The van der Waals surface area contributed by atoms with Crippen LogP contribution in [0.4, 0.5) is 22.0 Å². The maximum Gasteiger partial charge on any atom is 0.207 e. The van der Waals surface area contributed by atoms with Crippen molar-refractivity contribution < 1.29 is 35.8 Å². The third kappa shape index (κ3) is 4.79. The van der Waals surface area contributed by atoms with Crippen LogP contribution < -0.4 is 15.2 Å². The molecule has 2 aromatic carbocycles. The topological polar surface area (TPSA) is 70.5 Å².